The minimum Gasteiger partial charge on any atom is -0.478 e. The number of unbranched alkanes of at least 4 members (excludes halogenated alkanes) is 2. The standard InChI is InChI=1S/C14H20N2O3S/c1-20-9-4-2-3-8-15-14(19)16-12-7-5-6-11(10-12)13(17)18/h5-7,10H,2-4,8-9H2,1H3,(H,17,18)(H2,15,16,19). The SMILES string of the molecule is CSCCCCCNC(=O)Nc1cccc(C(=O)O)c1. The van der Waals surface area contributed by atoms with Crippen LogP contribution in [0.25, 0.3) is 0 Å². The molecule has 3 N–H and O–H groups in total. The number of amides is 2. The number of rotatable bonds is 8. The molecule has 0 spiro atoms. The zero-order chi connectivity index (χ0) is 14.8. The molecule has 0 radical (unpaired) electrons. The van der Waals surface area contributed by atoms with E-state index in [1.807, 2.05) is 11.8 Å². The van der Waals surface area contributed by atoms with Gasteiger partial charge in [-0.25, -0.2) is 9.59 Å². The highest BCUT2D eigenvalue weighted by Crippen LogP contribution is 2.10. The largest absolute Gasteiger partial charge is 0.478 e. The highest BCUT2D eigenvalue weighted by molar-refractivity contribution is 7.98. The minimum atomic E-state index is -1.01. The second-order valence-electron chi connectivity index (χ2n) is 4.32. The third-order valence-corrected chi connectivity index (χ3v) is 3.38. The molecule has 1 aromatic rings. The fraction of sp³-hybridized carbons (Fsp3) is 0.429. The van der Waals surface area contributed by atoms with Crippen LogP contribution in [-0.4, -0.2) is 35.7 Å². The number of hydrogen-bond acceptors (Lipinski definition) is 3. The van der Waals surface area contributed by atoms with E-state index in [0.29, 0.717) is 12.2 Å². The molecular formula is C14H20N2O3S. The van der Waals surface area contributed by atoms with Crippen molar-refractivity contribution in [2.75, 3.05) is 23.9 Å². The maximum Gasteiger partial charge on any atom is 0.335 e. The average molecular weight is 296 g/mol. The summed E-state index contributed by atoms with van der Waals surface area (Å²) >= 11 is 1.82. The van der Waals surface area contributed by atoms with E-state index in [9.17, 15) is 9.59 Å². The Balaban J connectivity index is 2.28. The van der Waals surface area contributed by atoms with Crippen molar-refractivity contribution in [3.63, 3.8) is 0 Å². The lowest BCUT2D eigenvalue weighted by Gasteiger charge is -2.08. The Labute approximate surface area is 123 Å². The summed E-state index contributed by atoms with van der Waals surface area (Å²) in [6.07, 6.45) is 5.28. The van der Waals surface area contributed by atoms with Gasteiger partial charge in [-0.2, -0.15) is 11.8 Å². The van der Waals surface area contributed by atoms with Gasteiger partial charge in [0.25, 0.3) is 0 Å². The maximum absolute atomic E-state index is 11.6. The van der Waals surface area contributed by atoms with Crippen molar-refractivity contribution in [3.05, 3.63) is 29.8 Å². The van der Waals surface area contributed by atoms with Crippen LogP contribution in [0.5, 0.6) is 0 Å². The molecule has 0 saturated carbocycles. The van der Waals surface area contributed by atoms with E-state index in [4.69, 9.17) is 5.11 Å². The average Bonchev–Trinajstić information content (AvgIpc) is 2.43. The molecule has 0 aliphatic carbocycles. The normalized spacial score (nSPS) is 10.1. The molecule has 5 nitrogen and oxygen atoms in total. The molecule has 0 unspecified atom stereocenters. The topological polar surface area (TPSA) is 78.4 Å². The molecule has 0 saturated heterocycles. The van der Waals surface area contributed by atoms with Crippen molar-refractivity contribution in [1.29, 1.82) is 0 Å². The summed E-state index contributed by atoms with van der Waals surface area (Å²) in [6.45, 7) is 0.624. The number of hydrogen-bond donors (Lipinski definition) is 3. The van der Waals surface area contributed by atoms with Crippen LogP contribution < -0.4 is 10.6 Å². The van der Waals surface area contributed by atoms with Gasteiger partial charge in [-0.05, 0) is 43.0 Å². The number of carbonyl (C=O) groups excluding carboxylic acids is 1. The van der Waals surface area contributed by atoms with Gasteiger partial charge in [-0.3, -0.25) is 0 Å². The van der Waals surface area contributed by atoms with Crippen molar-refractivity contribution in [2.45, 2.75) is 19.3 Å². The van der Waals surface area contributed by atoms with E-state index in [2.05, 4.69) is 16.9 Å². The molecule has 0 aromatic heterocycles. The van der Waals surface area contributed by atoms with E-state index in [1.165, 1.54) is 12.1 Å². The molecule has 0 aliphatic rings. The highest BCUT2D eigenvalue weighted by atomic mass is 32.2. The molecule has 0 atom stereocenters. The van der Waals surface area contributed by atoms with Gasteiger partial charge >= 0.3 is 12.0 Å². The van der Waals surface area contributed by atoms with Crippen LogP contribution in [0.3, 0.4) is 0 Å². The maximum atomic E-state index is 11.6. The zero-order valence-electron chi connectivity index (χ0n) is 11.5. The molecule has 110 valence electrons. The number of aromatic carboxylic acids is 1. The third kappa shape index (κ3) is 6.47. The molecule has 0 fully saturated rings. The van der Waals surface area contributed by atoms with E-state index < -0.39 is 5.97 Å². The van der Waals surface area contributed by atoms with Gasteiger partial charge in [0.1, 0.15) is 0 Å². The number of anilines is 1. The Kier molecular flexibility index (Phi) is 7.57. The van der Waals surface area contributed by atoms with Crippen molar-refractivity contribution in [2.24, 2.45) is 0 Å². The summed E-state index contributed by atoms with van der Waals surface area (Å²) < 4.78 is 0. The highest BCUT2D eigenvalue weighted by Gasteiger charge is 2.05. The first-order valence-corrected chi connectivity index (χ1v) is 7.90. The molecule has 6 heteroatoms. The quantitative estimate of drug-likeness (QED) is 0.644. The van der Waals surface area contributed by atoms with Crippen LogP contribution in [0.1, 0.15) is 29.6 Å². The van der Waals surface area contributed by atoms with E-state index in [0.717, 1.165) is 25.0 Å². The zero-order valence-corrected chi connectivity index (χ0v) is 12.3. The van der Waals surface area contributed by atoms with Gasteiger partial charge < -0.3 is 15.7 Å². The van der Waals surface area contributed by atoms with Crippen molar-refractivity contribution < 1.29 is 14.7 Å². The number of nitrogens with one attached hydrogen (secondary N) is 2. The van der Waals surface area contributed by atoms with Crippen LogP contribution in [0.4, 0.5) is 10.5 Å². The molecule has 0 bridgehead atoms. The lowest BCUT2D eigenvalue weighted by molar-refractivity contribution is 0.0697. The lowest BCUT2D eigenvalue weighted by Crippen LogP contribution is -2.29. The number of carboxylic acid groups (broad SMARTS) is 1. The fourth-order valence-electron chi connectivity index (χ4n) is 1.66. The van der Waals surface area contributed by atoms with Crippen LogP contribution in [0.15, 0.2) is 24.3 Å². The van der Waals surface area contributed by atoms with Gasteiger partial charge in [0, 0.05) is 12.2 Å². The van der Waals surface area contributed by atoms with Crippen LogP contribution in [-0.2, 0) is 0 Å². The van der Waals surface area contributed by atoms with Crippen molar-refractivity contribution in [3.8, 4) is 0 Å². The predicted molar refractivity (Wildman–Crippen MR) is 82.7 cm³/mol. The third-order valence-electron chi connectivity index (χ3n) is 2.68. The summed E-state index contributed by atoms with van der Waals surface area (Å²) in [4.78, 5) is 22.4. The second kappa shape index (κ2) is 9.25. The Hall–Kier alpha value is -1.69. The molecule has 1 rings (SSSR count). The summed E-state index contributed by atoms with van der Waals surface area (Å²) in [5, 5.41) is 14.2. The Bertz CT molecular complexity index is 452. The van der Waals surface area contributed by atoms with Crippen molar-refractivity contribution >= 4 is 29.4 Å². The van der Waals surface area contributed by atoms with Gasteiger partial charge in [-0.15, -0.1) is 0 Å². The fourth-order valence-corrected chi connectivity index (χ4v) is 2.15. The van der Waals surface area contributed by atoms with Crippen LogP contribution >= 0.6 is 11.8 Å². The molecule has 1 aromatic carbocycles. The smallest absolute Gasteiger partial charge is 0.335 e. The summed E-state index contributed by atoms with van der Waals surface area (Å²) in [7, 11) is 0. The molecule has 20 heavy (non-hydrogen) atoms. The first-order valence-electron chi connectivity index (χ1n) is 6.50. The number of carboxylic acids is 1. The number of urea groups is 1. The Morgan fingerprint density at radius 1 is 1.25 bits per heavy atom. The second-order valence-corrected chi connectivity index (χ2v) is 5.31. The van der Waals surface area contributed by atoms with E-state index in [-0.39, 0.29) is 11.6 Å². The lowest BCUT2D eigenvalue weighted by atomic mass is 10.2. The monoisotopic (exact) mass is 296 g/mol. The van der Waals surface area contributed by atoms with E-state index in [1.54, 1.807) is 12.1 Å². The van der Waals surface area contributed by atoms with Gasteiger partial charge in [0.2, 0.25) is 0 Å². The number of thioether (sulfide) groups is 1. The van der Waals surface area contributed by atoms with E-state index >= 15 is 0 Å². The Morgan fingerprint density at radius 2 is 2.05 bits per heavy atom. The van der Waals surface area contributed by atoms with Crippen molar-refractivity contribution in [1.82, 2.24) is 5.32 Å². The number of carbonyl (C=O) groups is 2. The minimum absolute atomic E-state index is 0.153. The molecule has 0 aliphatic heterocycles. The summed E-state index contributed by atoms with van der Waals surface area (Å²) in [6, 6.07) is 5.86. The molecule has 2 amide bonds. The first-order chi connectivity index (χ1) is 9.63. The van der Waals surface area contributed by atoms with Crippen LogP contribution in [0, 0.1) is 0 Å². The first kappa shape index (κ1) is 16.4. The van der Waals surface area contributed by atoms with Gasteiger partial charge in [-0.1, -0.05) is 12.5 Å². The number of benzene rings is 1. The predicted octanol–water partition coefficient (Wildman–Crippen LogP) is 3.04. The molecule has 0 heterocycles. The summed E-state index contributed by atoms with van der Waals surface area (Å²) in [5.74, 6) is 0.136. The Morgan fingerprint density at radius 3 is 2.75 bits per heavy atom. The summed E-state index contributed by atoms with van der Waals surface area (Å²) in [5.41, 5.74) is 0.629. The van der Waals surface area contributed by atoms with Gasteiger partial charge in [0.05, 0.1) is 5.56 Å². The van der Waals surface area contributed by atoms with Gasteiger partial charge in [0.15, 0.2) is 0 Å². The molecular weight excluding hydrogens is 276 g/mol. The van der Waals surface area contributed by atoms with Crippen LogP contribution in [0.2, 0.25) is 0 Å².